The molecule has 3 aliphatic rings. The zero-order valence-electron chi connectivity index (χ0n) is 21.4. The lowest BCUT2D eigenvalue weighted by atomic mass is 10.0. The summed E-state index contributed by atoms with van der Waals surface area (Å²) in [7, 11) is 0. The molecule has 2 aromatic carbocycles. The fourth-order valence-electron chi connectivity index (χ4n) is 5.60. The van der Waals surface area contributed by atoms with Crippen molar-refractivity contribution in [3.63, 3.8) is 0 Å². The van der Waals surface area contributed by atoms with Gasteiger partial charge in [-0.25, -0.2) is 13.9 Å². The van der Waals surface area contributed by atoms with E-state index < -0.39 is 0 Å². The molecule has 0 unspecified atom stereocenters. The fraction of sp³-hybridized carbons (Fsp3) is 0.448. The average Bonchev–Trinajstić information content (AvgIpc) is 3.30. The normalized spacial score (nSPS) is 19.3. The van der Waals surface area contributed by atoms with Gasteiger partial charge in [0.15, 0.2) is 5.82 Å². The number of halogens is 1. The minimum Gasteiger partial charge on any atom is -0.342 e. The molecule has 2 saturated heterocycles. The van der Waals surface area contributed by atoms with Crippen LogP contribution in [0.5, 0.6) is 0 Å². The van der Waals surface area contributed by atoms with E-state index in [4.69, 9.17) is 0 Å². The summed E-state index contributed by atoms with van der Waals surface area (Å²) in [6.07, 6.45) is 4.77. The number of carbonyl (C=O) groups is 2. The van der Waals surface area contributed by atoms with Crippen LogP contribution in [0.3, 0.4) is 0 Å². The van der Waals surface area contributed by atoms with Gasteiger partial charge in [-0.15, -0.1) is 5.10 Å². The first-order valence-electron chi connectivity index (χ1n) is 13.6. The maximum absolute atomic E-state index is 13.5. The third-order valence-corrected chi connectivity index (χ3v) is 7.95. The zero-order chi connectivity index (χ0) is 26.2. The van der Waals surface area contributed by atoms with Crippen LogP contribution in [0.1, 0.15) is 32.1 Å². The molecule has 2 aliphatic heterocycles. The van der Waals surface area contributed by atoms with Gasteiger partial charge in [0.25, 0.3) is 0 Å². The average molecular weight is 518 g/mol. The summed E-state index contributed by atoms with van der Waals surface area (Å²) in [5.41, 5.74) is 2.28. The molecule has 0 bridgehead atoms. The van der Waals surface area contributed by atoms with E-state index in [9.17, 15) is 18.8 Å². The number of hydrogen-bond acceptors (Lipinski definition) is 4. The molecule has 6 rings (SSSR count). The molecule has 1 aliphatic carbocycles. The Labute approximate surface area is 220 Å². The van der Waals surface area contributed by atoms with Gasteiger partial charge in [0, 0.05) is 44.2 Å². The van der Waals surface area contributed by atoms with Crippen LogP contribution in [0, 0.1) is 17.7 Å². The largest absolute Gasteiger partial charge is 0.346 e. The summed E-state index contributed by atoms with van der Waals surface area (Å²) >= 11 is 0. The molecule has 9 heteroatoms. The fourth-order valence-corrected chi connectivity index (χ4v) is 5.60. The van der Waals surface area contributed by atoms with Gasteiger partial charge in [0.05, 0.1) is 0 Å². The van der Waals surface area contributed by atoms with Gasteiger partial charge in [0.1, 0.15) is 12.4 Å². The summed E-state index contributed by atoms with van der Waals surface area (Å²) in [4.78, 5) is 42.6. The molecule has 2 amide bonds. The second-order valence-electron chi connectivity index (χ2n) is 10.8. The number of rotatable bonds is 7. The molecule has 1 aromatic heterocycles. The molecule has 38 heavy (non-hydrogen) atoms. The minimum atomic E-state index is -0.304. The molecule has 0 spiro atoms. The standard InChI is InChI=1S/C29H32FN5O3/c30-25-11-9-22(10-12-25)21-3-5-23(6-4-21)27-31-35(19-26(36)32-14-1-2-15-32)29(38)34(27)18-20-13-16-33(17-20)28(37)24-7-8-24/h3-6,9-12,20,24H,1-2,7-8,13-19H2/t20-/m1/s1. The lowest BCUT2D eigenvalue weighted by molar-refractivity contribution is -0.132. The lowest BCUT2D eigenvalue weighted by Crippen LogP contribution is -2.36. The van der Waals surface area contributed by atoms with Crippen LogP contribution in [0.4, 0.5) is 4.39 Å². The zero-order valence-corrected chi connectivity index (χ0v) is 21.4. The van der Waals surface area contributed by atoms with Crippen molar-refractivity contribution in [2.45, 2.75) is 45.2 Å². The topological polar surface area (TPSA) is 80.4 Å². The number of hydrogen-bond donors (Lipinski definition) is 0. The number of nitrogens with zero attached hydrogens (tertiary/aromatic N) is 5. The Bertz CT molecular complexity index is 1390. The van der Waals surface area contributed by atoms with Crippen molar-refractivity contribution in [2.75, 3.05) is 26.2 Å². The Morgan fingerprint density at radius 1 is 0.842 bits per heavy atom. The third kappa shape index (κ3) is 5.01. The Morgan fingerprint density at radius 3 is 2.13 bits per heavy atom. The summed E-state index contributed by atoms with van der Waals surface area (Å²) in [5.74, 6) is 0.720. The second-order valence-corrected chi connectivity index (χ2v) is 10.8. The first-order chi connectivity index (χ1) is 18.5. The number of benzene rings is 2. The predicted molar refractivity (Wildman–Crippen MR) is 141 cm³/mol. The first-order valence-corrected chi connectivity index (χ1v) is 13.6. The van der Waals surface area contributed by atoms with Crippen LogP contribution in [0.2, 0.25) is 0 Å². The van der Waals surface area contributed by atoms with Gasteiger partial charge in [-0.1, -0.05) is 36.4 Å². The Hall–Kier alpha value is -3.75. The van der Waals surface area contributed by atoms with Crippen LogP contribution in [0.25, 0.3) is 22.5 Å². The van der Waals surface area contributed by atoms with Crippen molar-refractivity contribution in [1.29, 1.82) is 0 Å². The molecule has 1 saturated carbocycles. The molecule has 0 radical (unpaired) electrons. The molecule has 0 N–H and O–H groups in total. The number of aromatic nitrogens is 3. The van der Waals surface area contributed by atoms with Gasteiger partial charge < -0.3 is 9.80 Å². The first kappa shape index (κ1) is 24.6. The molecular weight excluding hydrogens is 485 g/mol. The summed E-state index contributed by atoms with van der Waals surface area (Å²) in [5, 5.41) is 4.63. The van der Waals surface area contributed by atoms with Gasteiger partial charge in [-0.3, -0.25) is 14.2 Å². The summed E-state index contributed by atoms with van der Waals surface area (Å²) < 4.78 is 16.3. The van der Waals surface area contributed by atoms with Gasteiger partial charge in [-0.2, -0.15) is 0 Å². The monoisotopic (exact) mass is 517 g/mol. The molecule has 1 atom stereocenters. The Balaban J connectivity index is 1.28. The highest BCUT2D eigenvalue weighted by atomic mass is 19.1. The van der Waals surface area contributed by atoms with E-state index >= 15 is 0 Å². The van der Waals surface area contributed by atoms with Crippen LogP contribution < -0.4 is 5.69 Å². The van der Waals surface area contributed by atoms with Gasteiger partial charge in [-0.05, 0) is 61.3 Å². The smallest absolute Gasteiger partial charge is 0.342 e. The van der Waals surface area contributed by atoms with Crippen LogP contribution in [0.15, 0.2) is 53.3 Å². The van der Waals surface area contributed by atoms with Crippen molar-refractivity contribution in [3.8, 4) is 22.5 Å². The quantitative estimate of drug-likeness (QED) is 0.481. The van der Waals surface area contributed by atoms with Crippen molar-refractivity contribution in [2.24, 2.45) is 11.8 Å². The van der Waals surface area contributed by atoms with Gasteiger partial charge >= 0.3 is 5.69 Å². The highest BCUT2D eigenvalue weighted by Gasteiger charge is 2.37. The highest BCUT2D eigenvalue weighted by Crippen LogP contribution is 2.33. The maximum Gasteiger partial charge on any atom is 0.346 e. The van der Waals surface area contributed by atoms with Crippen LogP contribution in [-0.2, 0) is 22.7 Å². The Kier molecular flexibility index (Phi) is 6.59. The van der Waals surface area contributed by atoms with E-state index in [1.54, 1.807) is 21.6 Å². The van der Waals surface area contributed by atoms with E-state index in [2.05, 4.69) is 5.10 Å². The van der Waals surface area contributed by atoms with E-state index in [1.165, 1.54) is 16.8 Å². The summed E-state index contributed by atoms with van der Waals surface area (Å²) in [6.45, 7) is 3.17. The van der Waals surface area contributed by atoms with E-state index in [-0.39, 0.29) is 41.7 Å². The molecule has 3 aromatic rings. The van der Waals surface area contributed by atoms with Crippen molar-refractivity contribution >= 4 is 11.8 Å². The van der Waals surface area contributed by atoms with E-state index in [0.29, 0.717) is 18.9 Å². The van der Waals surface area contributed by atoms with Crippen molar-refractivity contribution in [3.05, 3.63) is 64.8 Å². The lowest BCUT2D eigenvalue weighted by Gasteiger charge is -2.16. The van der Waals surface area contributed by atoms with E-state index in [0.717, 1.165) is 68.4 Å². The van der Waals surface area contributed by atoms with Crippen LogP contribution >= 0.6 is 0 Å². The molecule has 3 heterocycles. The molecule has 198 valence electrons. The van der Waals surface area contributed by atoms with Crippen LogP contribution in [-0.4, -0.2) is 62.1 Å². The maximum atomic E-state index is 13.5. The third-order valence-electron chi connectivity index (χ3n) is 7.95. The Morgan fingerprint density at radius 2 is 1.47 bits per heavy atom. The second kappa shape index (κ2) is 10.2. The van der Waals surface area contributed by atoms with Crippen molar-refractivity contribution < 1.29 is 14.0 Å². The molecular formula is C29H32FN5O3. The molecule has 8 nitrogen and oxygen atoms in total. The minimum absolute atomic E-state index is 0.0799. The molecule has 3 fully saturated rings. The predicted octanol–water partition coefficient (Wildman–Crippen LogP) is 3.40. The van der Waals surface area contributed by atoms with Crippen molar-refractivity contribution in [1.82, 2.24) is 24.1 Å². The SMILES string of the molecule is O=C(Cn1nc(-c2ccc(-c3ccc(F)cc3)cc2)n(C[C@@H]2CCN(C(=O)C3CC3)C2)c1=O)N1CCCC1. The van der Waals surface area contributed by atoms with E-state index in [1.807, 2.05) is 29.2 Å². The number of carbonyl (C=O) groups excluding carboxylic acids is 2. The summed E-state index contributed by atoms with van der Waals surface area (Å²) in [6, 6.07) is 14.0. The number of likely N-dealkylation sites (tertiary alicyclic amines) is 2. The number of amides is 2. The highest BCUT2D eigenvalue weighted by molar-refractivity contribution is 5.81. The van der Waals surface area contributed by atoms with Gasteiger partial charge in [0.2, 0.25) is 11.8 Å².